The number of hydrogen-bond acceptors (Lipinski definition) is 9. The molecule has 176 valence electrons. The number of nitriles is 1. The molecule has 3 rings (SSSR count). The maximum absolute atomic E-state index is 12.5. The molecule has 0 atom stereocenters. The van der Waals surface area contributed by atoms with Crippen molar-refractivity contribution in [3.8, 4) is 17.6 Å². The number of aromatic nitrogens is 2. The lowest BCUT2D eigenvalue weighted by atomic mass is 10.1. The Morgan fingerprint density at radius 1 is 1.26 bits per heavy atom. The van der Waals surface area contributed by atoms with Gasteiger partial charge in [0.25, 0.3) is 11.1 Å². The first-order chi connectivity index (χ1) is 16.1. The Morgan fingerprint density at radius 2 is 2.00 bits per heavy atom. The number of benzene rings is 2. The molecule has 2 aromatic carbocycles. The average molecular weight is 539 g/mol. The number of hydrogen-bond donors (Lipinski definition) is 1. The van der Waals surface area contributed by atoms with Gasteiger partial charge in [-0.2, -0.15) is 14.6 Å². The lowest BCUT2D eigenvalue weighted by Crippen LogP contribution is -2.13. The van der Waals surface area contributed by atoms with Crippen molar-refractivity contribution in [1.82, 2.24) is 9.36 Å². The second kappa shape index (κ2) is 10.8. The summed E-state index contributed by atoms with van der Waals surface area (Å²) in [5, 5.41) is 12.1. The highest BCUT2D eigenvalue weighted by Gasteiger charge is 2.18. The van der Waals surface area contributed by atoms with Crippen molar-refractivity contribution < 1.29 is 22.7 Å². The number of nitrogens with zero attached hydrogens (tertiary/aromatic N) is 3. The van der Waals surface area contributed by atoms with E-state index in [0.717, 1.165) is 11.8 Å². The quantitative estimate of drug-likeness (QED) is 0.330. The molecule has 0 saturated heterocycles. The van der Waals surface area contributed by atoms with E-state index in [1.807, 2.05) is 12.1 Å². The van der Waals surface area contributed by atoms with Crippen molar-refractivity contribution in [2.24, 2.45) is 0 Å². The molecule has 34 heavy (non-hydrogen) atoms. The Labute approximate surface area is 209 Å². The highest BCUT2D eigenvalue weighted by Crippen LogP contribution is 2.38. The molecule has 0 aliphatic carbocycles. The van der Waals surface area contributed by atoms with Crippen LogP contribution in [0, 0.1) is 11.3 Å². The number of amides is 1. The Morgan fingerprint density at radius 3 is 2.62 bits per heavy atom. The van der Waals surface area contributed by atoms with Gasteiger partial charge in [-0.05, 0) is 29.8 Å². The number of carbonyl (C=O) groups is 1. The second-order valence-electron chi connectivity index (χ2n) is 6.69. The number of nitrogens with one attached hydrogen (secondary N) is 1. The molecule has 0 saturated carbocycles. The third-order valence-corrected chi connectivity index (χ3v) is 6.46. The summed E-state index contributed by atoms with van der Waals surface area (Å²) < 4.78 is 37.8. The molecule has 1 amide bonds. The zero-order valence-corrected chi connectivity index (χ0v) is 20.8. The molecule has 1 N–H and O–H groups in total. The van der Waals surface area contributed by atoms with Crippen molar-refractivity contribution in [3.05, 3.63) is 63.1 Å². The summed E-state index contributed by atoms with van der Waals surface area (Å²) in [4.78, 5) is 16.2. The van der Waals surface area contributed by atoms with Crippen molar-refractivity contribution >= 4 is 61.7 Å². The molecule has 0 bridgehead atoms. The molecule has 9 nitrogen and oxygen atoms in total. The number of halogens is 2. The largest absolute Gasteiger partial charge is 0.493 e. The molecular weight excluding hydrogens is 523 g/mol. The SMILES string of the molecule is COc1cc(C=C(C#N)C(=O)Nc2nc(S(C)(=O)=O)ns2)cc(Cl)c1OCc1ccccc1Cl. The maximum Gasteiger partial charge on any atom is 0.268 e. The van der Waals surface area contributed by atoms with Crippen LogP contribution in [0.1, 0.15) is 11.1 Å². The summed E-state index contributed by atoms with van der Waals surface area (Å²) in [6.45, 7) is 0.147. The Kier molecular flexibility index (Phi) is 8.11. The standard InChI is InChI=1S/C21H16Cl2N4O5S2/c1-31-17-9-12(8-16(23)18(17)32-11-13-5-3-4-6-15(13)22)7-14(10-24)19(28)25-20-26-21(27-33-20)34(2,29)30/h3-9H,11H2,1-2H3,(H,25,26,27,28). The minimum absolute atomic E-state index is 0.0643. The van der Waals surface area contributed by atoms with Crippen LogP contribution in [0.5, 0.6) is 11.5 Å². The van der Waals surface area contributed by atoms with E-state index in [0.29, 0.717) is 22.1 Å². The highest BCUT2D eigenvalue weighted by atomic mass is 35.5. The zero-order chi connectivity index (χ0) is 24.9. The highest BCUT2D eigenvalue weighted by molar-refractivity contribution is 7.90. The lowest BCUT2D eigenvalue weighted by Gasteiger charge is -2.14. The van der Waals surface area contributed by atoms with Gasteiger partial charge in [0.15, 0.2) is 11.5 Å². The van der Waals surface area contributed by atoms with Gasteiger partial charge in [0.2, 0.25) is 15.0 Å². The van der Waals surface area contributed by atoms with E-state index in [4.69, 9.17) is 32.7 Å². The fourth-order valence-electron chi connectivity index (χ4n) is 2.62. The predicted molar refractivity (Wildman–Crippen MR) is 129 cm³/mol. The molecule has 0 radical (unpaired) electrons. The van der Waals surface area contributed by atoms with Gasteiger partial charge in [-0.3, -0.25) is 10.1 Å². The number of carbonyl (C=O) groups excluding carboxylic acids is 1. The minimum atomic E-state index is -3.62. The van der Waals surface area contributed by atoms with Crippen molar-refractivity contribution in [2.75, 3.05) is 18.7 Å². The molecule has 0 aliphatic rings. The monoisotopic (exact) mass is 538 g/mol. The minimum Gasteiger partial charge on any atom is -0.493 e. The molecule has 1 heterocycles. The van der Waals surface area contributed by atoms with Crippen LogP contribution >= 0.6 is 34.7 Å². The first kappa shape index (κ1) is 25.5. The summed E-state index contributed by atoms with van der Waals surface area (Å²) in [6, 6.07) is 12.0. The van der Waals surface area contributed by atoms with E-state index >= 15 is 0 Å². The van der Waals surface area contributed by atoms with Crippen LogP contribution in [0.2, 0.25) is 10.0 Å². The average Bonchev–Trinajstić information content (AvgIpc) is 3.26. The van der Waals surface area contributed by atoms with E-state index in [2.05, 4.69) is 14.7 Å². The van der Waals surface area contributed by atoms with Crippen LogP contribution in [0.3, 0.4) is 0 Å². The van der Waals surface area contributed by atoms with E-state index < -0.39 is 20.9 Å². The first-order valence-corrected chi connectivity index (χ1v) is 12.7. The molecular formula is C21H16Cl2N4O5S2. The van der Waals surface area contributed by atoms with E-state index in [9.17, 15) is 18.5 Å². The predicted octanol–water partition coefficient (Wildman–Crippen LogP) is 4.38. The van der Waals surface area contributed by atoms with Crippen molar-refractivity contribution in [1.29, 1.82) is 5.26 Å². The molecule has 3 aromatic rings. The summed E-state index contributed by atoms with van der Waals surface area (Å²) in [5.41, 5.74) is 0.872. The molecule has 0 unspecified atom stereocenters. The van der Waals surface area contributed by atoms with Gasteiger partial charge >= 0.3 is 0 Å². The summed E-state index contributed by atoms with van der Waals surface area (Å²) in [7, 11) is -2.20. The van der Waals surface area contributed by atoms with Gasteiger partial charge in [0.05, 0.1) is 12.1 Å². The van der Waals surface area contributed by atoms with Gasteiger partial charge in [-0.25, -0.2) is 8.42 Å². The molecule has 13 heteroatoms. The Balaban J connectivity index is 1.82. The van der Waals surface area contributed by atoms with Crippen LogP contribution in [0.25, 0.3) is 6.08 Å². The van der Waals surface area contributed by atoms with Gasteiger partial charge in [0.1, 0.15) is 18.2 Å². The van der Waals surface area contributed by atoms with E-state index in [1.54, 1.807) is 24.3 Å². The third kappa shape index (κ3) is 6.24. The number of anilines is 1. The van der Waals surface area contributed by atoms with Crippen molar-refractivity contribution in [2.45, 2.75) is 11.8 Å². The first-order valence-electron chi connectivity index (χ1n) is 9.33. The fraction of sp³-hybridized carbons (Fsp3) is 0.143. The number of ether oxygens (including phenoxy) is 2. The van der Waals surface area contributed by atoms with Crippen molar-refractivity contribution in [3.63, 3.8) is 0 Å². The van der Waals surface area contributed by atoms with Crippen LogP contribution in [-0.4, -0.2) is 37.0 Å². The van der Waals surface area contributed by atoms with Crippen LogP contribution in [0.4, 0.5) is 5.13 Å². The topological polar surface area (TPSA) is 131 Å². The Hall–Kier alpha value is -3.17. The smallest absolute Gasteiger partial charge is 0.268 e. The number of sulfone groups is 1. The van der Waals surface area contributed by atoms with Gasteiger partial charge < -0.3 is 9.47 Å². The van der Waals surface area contributed by atoms with E-state index in [1.165, 1.54) is 19.3 Å². The lowest BCUT2D eigenvalue weighted by molar-refractivity contribution is -0.112. The Bertz CT molecular complexity index is 1410. The van der Waals surface area contributed by atoms with Crippen LogP contribution in [0.15, 0.2) is 47.1 Å². The summed E-state index contributed by atoms with van der Waals surface area (Å²) in [5.74, 6) is -0.246. The molecule has 0 spiro atoms. The molecule has 0 aliphatic heterocycles. The second-order valence-corrected chi connectivity index (χ2v) is 10.2. The summed E-state index contributed by atoms with van der Waals surface area (Å²) >= 11 is 13.2. The normalized spacial score (nSPS) is 11.6. The third-order valence-electron chi connectivity index (χ3n) is 4.22. The van der Waals surface area contributed by atoms with Gasteiger partial charge in [-0.15, -0.1) is 0 Å². The molecule has 0 fully saturated rings. The maximum atomic E-state index is 12.5. The fourth-order valence-corrected chi connectivity index (χ4v) is 4.52. The van der Waals surface area contributed by atoms with Gasteiger partial charge in [0, 0.05) is 28.4 Å². The van der Waals surface area contributed by atoms with Crippen LogP contribution < -0.4 is 14.8 Å². The number of rotatable bonds is 8. The summed E-state index contributed by atoms with van der Waals surface area (Å²) in [6.07, 6.45) is 2.24. The number of methoxy groups -OCH3 is 1. The van der Waals surface area contributed by atoms with Gasteiger partial charge in [-0.1, -0.05) is 41.4 Å². The van der Waals surface area contributed by atoms with E-state index in [-0.39, 0.29) is 33.8 Å². The zero-order valence-electron chi connectivity index (χ0n) is 17.7. The molecule has 1 aromatic heterocycles. The van der Waals surface area contributed by atoms with Crippen LogP contribution in [-0.2, 0) is 21.2 Å².